The number of carbonyl (C=O) groups is 1. The molecule has 14 heavy (non-hydrogen) atoms. The van der Waals surface area contributed by atoms with Crippen LogP contribution in [0.4, 0.5) is 0 Å². The van der Waals surface area contributed by atoms with Gasteiger partial charge in [0.1, 0.15) is 0 Å². The van der Waals surface area contributed by atoms with Crippen LogP contribution in [0.3, 0.4) is 0 Å². The van der Waals surface area contributed by atoms with Gasteiger partial charge in [-0.3, -0.25) is 4.79 Å². The average Bonchev–Trinajstić information content (AvgIpc) is 2.39. The van der Waals surface area contributed by atoms with Crippen LogP contribution in [0.25, 0.3) is 0 Å². The van der Waals surface area contributed by atoms with Gasteiger partial charge in [-0.1, -0.05) is 13.3 Å². The Morgan fingerprint density at radius 1 is 1.50 bits per heavy atom. The van der Waals surface area contributed by atoms with Gasteiger partial charge in [0.25, 0.3) is 0 Å². The Morgan fingerprint density at radius 3 is 3.00 bits per heavy atom. The number of hydrogen-bond acceptors (Lipinski definition) is 2. The van der Waals surface area contributed by atoms with Crippen LogP contribution in [-0.2, 0) is 4.79 Å². The average molecular weight is 198 g/mol. The van der Waals surface area contributed by atoms with E-state index < -0.39 is 0 Å². The van der Waals surface area contributed by atoms with Crippen molar-refractivity contribution in [3.8, 4) is 0 Å². The van der Waals surface area contributed by atoms with E-state index in [0.717, 1.165) is 45.3 Å². The lowest BCUT2D eigenvalue weighted by atomic mass is 10.1. The van der Waals surface area contributed by atoms with Crippen molar-refractivity contribution in [2.45, 2.75) is 45.6 Å². The third-order valence-corrected chi connectivity index (χ3v) is 2.86. The molecular formula is C11H22N2O. The van der Waals surface area contributed by atoms with E-state index in [9.17, 15) is 4.79 Å². The highest BCUT2D eigenvalue weighted by Gasteiger charge is 2.20. The van der Waals surface area contributed by atoms with Crippen LogP contribution < -0.4 is 5.32 Å². The second-order valence-electron chi connectivity index (χ2n) is 4.08. The molecule has 1 aliphatic rings. The molecule has 1 heterocycles. The van der Waals surface area contributed by atoms with Gasteiger partial charge in [-0.15, -0.1) is 0 Å². The second kappa shape index (κ2) is 6.02. The summed E-state index contributed by atoms with van der Waals surface area (Å²) in [5.74, 6) is 0.336. The summed E-state index contributed by atoms with van der Waals surface area (Å²) in [5.41, 5.74) is 0. The summed E-state index contributed by atoms with van der Waals surface area (Å²) in [6.07, 6.45) is 3.93. The van der Waals surface area contributed by atoms with Crippen molar-refractivity contribution in [2.24, 2.45) is 0 Å². The molecule has 1 saturated heterocycles. The predicted molar refractivity (Wildman–Crippen MR) is 58.2 cm³/mol. The molecule has 1 fully saturated rings. The summed E-state index contributed by atoms with van der Waals surface area (Å²) in [7, 11) is 0. The Balaban J connectivity index is 2.41. The van der Waals surface area contributed by atoms with E-state index in [4.69, 9.17) is 0 Å². The molecule has 1 aliphatic heterocycles. The fraction of sp³-hybridized carbons (Fsp3) is 0.909. The predicted octanol–water partition coefficient (Wildman–Crippen LogP) is 1.39. The van der Waals surface area contributed by atoms with Gasteiger partial charge in [0.05, 0.1) is 0 Å². The minimum absolute atomic E-state index is 0.336. The third kappa shape index (κ3) is 3.29. The molecule has 3 nitrogen and oxygen atoms in total. The maximum atomic E-state index is 11.8. The first-order valence-electron chi connectivity index (χ1n) is 5.76. The molecule has 0 spiro atoms. The van der Waals surface area contributed by atoms with Crippen LogP contribution in [0.5, 0.6) is 0 Å². The minimum atomic E-state index is 0.336. The minimum Gasteiger partial charge on any atom is -0.339 e. The van der Waals surface area contributed by atoms with Crippen molar-refractivity contribution in [2.75, 3.05) is 19.6 Å². The Bertz CT molecular complexity index is 182. The molecule has 1 rings (SSSR count). The molecule has 0 aromatic heterocycles. The Hall–Kier alpha value is -0.570. The van der Waals surface area contributed by atoms with Crippen LogP contribution in [0.15, 0.2) is 0 Å². The van der Waals surface area contributed by atoms with E-state index in [-0.39, 0.29) is 0 Å². The van der Waals surface area contributed by atoms with Crippen LogP contribution in [0.1, 0.15) is 39.5 Å². The van der Waals surface area contributed by atoms with Crippen molar-refractivity contribution >= 4 is 5.91 Å². The van der Waals surface area contributed by atoms with E-state index in [0.29, 0.717) is 11.9 Å². The van der Waals surface area contributed by atoms with Gasteiger partial charge < -0.3 is 10.2 Å². The lowest BCUT2D eigenvalue weighted by molar-refractivity contribution is -0.133. The molecule has 1 amide bonds. The smallest absolute Gasteiger partial charge is 0.222 e. The molecule has 82 valence electrons. The maximum absolute atomic E-state index is 11.8. The lowest BCUT2D eigenvalue weighted by Gasteiger charge is -2.26. The summed E-state index contributed by atoms with van der Waals surface area (Å²) in [4.78, 5) is 13.9. The highest BCUT2D eigenvalue weighted by atomic mass is 16.2. The van der Waals surface area contributed by atoms with Crippen LogP contribution >= 0.6 is 0 Å². The van der Waals surface area contributed by atoms with Crippen molar-refractivity contribution in [1.82, 2.24) is 10.2 Å². The van der Waals surface area contributed by atoms with Crippen molar-refractivity contribution in [3.05, 3.63) is 0 Å². The van der Waals surface area contributed by atoms with E-state index in [2.05, 4.69) is 19.2 Å². The van der Waals surface area contributed by atoms with Crippen molar-refractivity contribution in [1.29, 1.82) is 0 Å². The largest absolute Gasteiger partial charge is 0.339 e. The van der Waals surface area contributed by atoms with E-state index in [1.807, 2.05) is 4.90 Å². The van der Waals surface area contributed by atoms with Gasteiger partial charge in [0.15, 0.2) is 0 Å². The van der Waals surface area contributed by atoms with Crippen LogP contribution in [0, 0.1) is 0 Å². The Kier molecular flexibility index (Phi) is 4.94. The number of carbonyl (C=O) groups excluding carboxylic acids is 1. The monoisotopic (exact) mass is 198 g/mol. The maximum Gasteiger partial charge on any atom is 0.222 e. The van der Waals surface area contributed by atoms with Gasteiger partial charge in [-0.25, -0.2) is 0 Å². The highest BCUT2D eigenvalue weighted by Crippen LogP contribution is 2.09. The summed E-state index contributed by atoms with van der Waals surface area (Å²) >= 11 is 0. The van der Waals surface area contributed by atoms with E-state index in [1.54, 1.807) is 0 Å². The van der Waals surface area contributed by atoms with E-state index >= 15 is 0 Å². The summed E-state index contributed by atoms with van der Waals surface area (Å²) < 4.78 is 0. The van der Waals surface area contributed by atoms with E-state index in [1.165, 1.54) is 0 Å². The zero-order valence-electron chi connectivity index (χ0n) is 9.38. The molecule has 0 aliphatic carbocycles. The molecule has 0 bridgehead atoms. The topological polar surface area (TPSA) is 32.3 Å². The SMILES string of the molecule is CCCCC(=O)N1CCNCCC1C. The molecule has 3 heteroatoms. The molecule has 0 aromatic rings. The molecule has 1 atom stereocenters. The first-order valence-corrected chi connectivity index (χ1v) is 5.76. The molecule has 1 unspecified atom stereocenters. The molecule has 0 saturated carbocycles. The number of unbranched alkanes of at least 4 members (excludes halogenated alkanes) is 1. The Labute approximate surface area is 86.9 Å². The summed E-state index contributed by atoms with van der Waals surface area (Å²) in [5, 5.41) is 3.32. The standard InChI is InChI=1S/C11H22N2O/c1-3-4-5-11(14)13-9-8-12-7-6-10(13)2/h10,12H,3-9H2,1-2H3. The van der Waals surface area contributed by atoms with Gasteiger partial charge in [-0.05, 0) is 26.3 Å². The number of hydrogen-bond donors (Lipinski definition) is 1. The normalized spacial score (nSPS) is 23.3. The first-order chi connectivity index (χ1) is 6.75. The summed E-state index contributed by atoms with van der Waals surface area (Å²) in [6.45, 7) is 7.14. The fourth-order valence-corrected chi connectivity index (χ4v) is 1.85. The van der Waals surface area contributed by atoms with Gasteiger partial charge in [0, 0.05) is 25.6 Å². The fourth-order valence-electron chi connectivity index (χ4n) is 1.85. The van der Waals surface area contributed by atoms with Crippen molar-refractivity contribution in [3.63, 3.8) is 0 Å². The quantitative estimate of drug-likeness (QED) is 0.743. The van der Waals surface area contributed by atoms with Crippen LogP contribution in [-0.4, -0.2) is 36.5 Å². The van der Waals surface area contributed by atoms with Crippen molar-refractivity contribution < 1.29 is 4.79 Å². The third-order valence-electron chi connectivity index (χ3n) is 2.86. The summed E-state index contributed by atoms with van der Waals surface area (Å²) in [6, 6.07) is 0.411. The number of rotatable bonds is 3. The zero-order valence-corrected chi connectivity index (χ0v) is 9.38. The number of amides is 1. The molecule has 0 radical (unpaired) electrons. The molecular weight excluding hydrogens is 176 g/mol. The second-order valence-corrected chi connectivity index (χ2v) is 4.08. The van der Waals surface area contributed by atoms with Gasteiger partial charge >= 0.3 is 0 Å². The van der Waals surface area contributed by atoms with Gasteiger partial charge in [-0.2, -0.15) is 0 Å². The molecule has 1 N–H and O–H groups in total. The zero-order chi connectivity index (χ0) is 10.4. The first kappa shape index (κ1) is 11.5. The van der Waals surface area contributed by atoms with Gasteiger partial charge in [0.2, 0.25) is 5.91 Å². The molecule has 0 aromatic carbocycles. The number of nitrogens with zero attached hydrogens (tertiary/aromatic N) is 1. The lowest BCUT2D eigenvalue weighted by Crippen LogP contribution is -2.39. The Morgan fingerprint density at radius 2 is 2.29 bits per heavy atom. The highest BCUT2D eigenvalue weighted by molar-refractivity contribution is 5.76. The van der Waals surface area contributed by atoms with Crippen LogP contribution in [0.2, 0.25) is 0 Å². The number of nitrogens with one attached hydrogen (secondary N) is 1.